The summed E-state index contributed by atoms with van der Waals surface area (Å²) in [7, 11) is 6.59. The third-order valence-electron chi connectivity index (χ3n) is 8.46. The minimum Gasteiger partial charge on any atom is -0.510 e. The number of Topliss-reactive ketones (excluding diaryl/α,β-unsaturated/α-hetero) is 2. The average Bonchev–Trinajstić information content (AvgIpc) is 2.92. The fraction of sp³-hybridized carbons (Fsp3) is 0.333. The molecule has 0 saturated carbocycles. The lowest BCUT2D eigenvalue weighted by Crippen LogP contribution is -2.63. The van der Waals surface area contributed by atoms with E-state index < -0.39 is 69.8 Å². The van der Waals surface area contributed by atoms with Crippen LogP contribution in [-0.2, 0) is 16.0 Å². The van der Waals surface area contributed by atoms with Gasteiger partial charge in [-0.05, 0) is 56.6 Å². The maximum atomic E-state index is 14.1. The van der Waals surface area contributed by atoms with E-state index in [-0.39, 0.29) is 29.7 Å². The third kappa shape index (κ3) is 4.48. The summed E-state index contributed by atoms with van der Waals surface area (Å²) in [6.07, 6.45) is 0.0883. The molecule has 0 aromatic heterocycles. The normalized spacial score (nSPS) is 24.7. The number of likely N-dealkylation sites (N-methyl/N-ethyl adjacent to an activating group) is 1. The molecule has 0 aliphatic heterocycles. The van der Waals surface area contributed by atoms with Gasteiger partial charge in [-0.25, -0.2) is 4.79 Å². The third-order valence-corrected chi connectivity index (χ3v) is 8.46. The number of aliphatic hydroxyl groups excluding tert-OH is 2. The van der Waals surface area contributed by atoms with Crippen LogP contribution in [0.5, 0.6) is 5.75 Å². The molecule has 0 heterocycles. The quantitative estimate of drug-likeness (QED) is 0.198. The van der Waals surface area contributed by atoms with E-state index in [1.165, 1.54) is 11.0 Å². The van der Waals surface area contributed by atoms with E-state index in [2.05, 4.69) is 10.6 Å². The molecule has 0 saturated heterocycles. The molecule has 4 atom stereocenters. The van der Waals surface area contributed by atoms with Gasteiger partial charge in [0, 0.05) is 37.0 Å². The topological polar surface area (TPSA) is 206 Å². The van der Waals surface area contributed by atoms with Gasteiger partial charge in [-0.15, -0.1) is 0 Å². The molecule has 3 aliphatic carbocycles. The second-order valence-corrected chi connectivity index (χ2v) is 11.4. The minimum atomic E-state index is -2.74. The van der Waals surface area contributed by atoms with E-state index in [0.29, 0.717) is 16.9 Å². The molecule has 3 amide bonds. The predicted octanol–water partition coefficient (Wildman–Crippen LogP) is 1.83. The highest BCUT2D eigenvalue weighted by Gasteiger charge is 2.63. The van der Waals surface area contributed by atoms with Crippen LogP contribution in [0.25, 0.3) is 0 Å². The number of para-hydroxylation sites is 1. The van der Waals surface area contributed by atoms with Crippen LogP contribution < -0.4 is 21.3 Å². The lowest BCUT2D eigenvalue weighted by atomic mass is 9.58. The number of hydrogen-bond donors (Lipinski definition) is 7. The number of nitrogens with two attached hydrogens (primary N) is 1. The molecule has 226 valence electrons. The molecule has 43 heavy (non-hydrogen) atoms. The van der Waals surface area contributed by atoms with Gasteiger partial charge in [-0.2, -0.15) is 0 Å². The van der Waals surface area contributed by atoms with Gasteiger partial charge in [0.05, 0.1) is 17.3 Å². The summed E-state index contributed by atoms with van der Waals surface area (Å²) in [6.45, 7) is 0. The number of benzene rings is 2. The van der Waals surface area contributed by atoms with Crippen molar-refractivity contribution in [3.05, 3.63) is 70.2 Å². The van der Waals surface area contributed by atoms with Gasteiger partial charge in [0.15, 0.2) is 17.1 Å². The van der Waals surface area contributed by atoms with Crippen molar-refractivity contribution < 1.29 is 39.6 Å². The summed E-state index contributed by atoms with van der Waals surface area (Å²) >= 11 is 0. The zero-order valence-corrected chi connectivity index (χ0v) is 24.0. The molecule has 2 aromatic carbocycles. The van der Waals surface area contributed by atoms with Crippen molar-refractivity contribution in [2.45, 2.75) is 24.5 Å². The van der Waals surface area contributed by atoms with Crippen LogP contribution >= 0.6 is 0 Å². The van der Waals surface area contributed by atoms with Gasteiger partial charge in [-0.1, -0.05) is 18.2 Å². The Bertz CT molecular complexity index is 1630. The number of allylic oxidation sites excluding steroid dienone is 1. The molecule has 0 fully saturated rings. The van der Waals surface area contributed by atoms with Crippen LogP contribution in [0.15, 0.2) is 59.1 Å². The number of aromatic hydroxyl groups is 1. The second-order valence-electron chi connectivity index (χ2n) is 11.4. The Hall–Kier alpha value is -4.88. The first-order valence-corrected chi connectivity index (χ1v) is 13.5. The van der Waals surface area contributed by atoms with Crippen molar-refractivity contribution in [3.63, 3.8) is 0 Å². The number of anilines is 3. The number of nitrogens with one attached hydrogen (secondary N) is 2. The highest BCUT2D eigenvalue weighted by Crippen LogP contribution is 2.53. The molecule has 5 rings (SSSR count). The zero-order chi connectivity index (χ0) is 31.5. The number of phenols is 1. The summed E-state index contributed by atoms with van der Waals surface area (Å²) < 4.78 is 0. The molecule has 3 aliphatic rings. The first-order chi connectivity index (χ1) is 20.2. The number of aliphatic hydroxyl groups is 3. The van der Waals surface area contributed by atoms with E-state index >= 15 is 0 Å². The Morgan fingerprint density at radius 2 is 1.67 bits per heavy atom. The summed E-state index contributed by atoms with van der Waals surface area (Å²) in [5.74, 6) is -7.45. The number of nitrogens with zero attached hydrogens (tertiary/aromatic N) is 2. The Balaban J connectivity index is 1.63. The molecule has 13 heteroatoms. The minimum absolute atomic E-state index is 0.0289. The number of fused-ring (bicyclic) bond motifs is 3. The molecule has 8 N–H and O–H groups in total. The van der Waals surface area contributed by atoms with Gasteiger partial charge in [0.25, 0.3) is 5.91 Å². The van der Waals surface area contributed by atoms with Crippen LogP contribution in [0, 0.1) is 11.8 Å². The van der Waals surface area contributed by atoms with E-state index in [1.807, 2.05) is 0 Å². The molecule has 13 nitrogen and oxygen atoms in total. The molecule has 2 aromatic rings. The molecular formula is C30H33N5O8. The lowest BCUT2D eigenvalue weighted by Gasteiger charge is -2.50. The Morgan fingerprint density at radius 1 is 1.02 bits per heavy atom. The van der Waals surface area contributed by atoms with Crippen LogP contribution in [0.2, 0.25) is 0 Å². The molecular weight excluding hydrogens is 558 g/mol. The van der Waals surface area contributed by atoms with E-state index in [9.17, 15) is 39.6 Å². The summed E-state index contributed by atoms with van der Waals surface area (Å²) in [6, 6.07) is 8.35. The SMILES string of the molecule is CN(C)c1cc(NC(=O)Nc2ccccc2)c(O)c2c1C[C@H]1C[C@H]3[C@H](N(C)C)C(O)=C(C(N)=O)C(=O)[C@@]3(O)C(O)=C1C2=O. The lowest BCUT2D eigenvalue weighted by molar-refractivity contribution is -0.148. The largest absolute Gasteiger partial charge is 0.510 e. The highest BCUT2D eigenvalue weighted by molar-refractivity contribution is 6.25. The van der Waals surface area contributed by atoms with Gasteiger partial charge in [-0.3, -0.25) is 19.3 Å². The summed E-state index contributed by atoms with van der Waals surface area (Å²) in [5.41, 5.74) is 2.64. The number of amides is 3. The second kappa shape index (κ2) is 10.4. The highest BCUT2D eigenvalue weighted by atomic mass is 16.3. The van der Waals surface area contributed by atoms with Gasteiger partial charge in [0.2, 0.25) is 5.78 Å². The molecule has 0 spiro atoms. The van der Waals surface area contributed by atoms with E-state index in [0.717, 1.165) is 0 Å². The van der Waals surface area contributed by atoms with Crippen LogP contribution in [0.3, 0.4) is 0 Å². The van der Waals surface area contributed by atoms with Crippen LogP contribution in [0.1, 0.15) is 22.3 Å². The smallest absolute Gasteiger partial charge is 0.323 e. The van der Waals surface area contributed by atoms with Crippen molar-refractivity contribution in [1.29, 1.82) is 0 Å². The van der Waals surface area contributed by atoms with Crippen molar-refractivity contribution in [1.82, 2.24) is 4.90 Å². The fourth-order valence-corrected chi connectivity index (χ4v) is 6.60. The number of carbonyl (C=O) groups excluding carboxylic acids is 4. The number of urea groups is 1. The van der Waals surface area contributed by atoms with Crippen molar-refractivity contribution in [2.24, 2.45) is 17.6 Å². The number of primary amides is 1. The van der Waals surface area contributed by atoms with Crippen molar-refractivity contribution in [3.8, 4) is 5.75 Å². The molecule has 0 bridgehead atoms. The van der Waals surface area contributed by atoms with Gasteiger partial charge in [0.1, 0.15) is 17.1 Å². The average molecular weight is 592 g/mol. The Kier molecular flexibility index (Phi) is 7.19. The number of phenolic OH excluding ortho intramolecular Hbond substituents is 1. The van der Waals surface area contributed by atoms with Gasteiger partial charge < -0.3 is 41.7 Å². The van der Waals surface area contributed by atoms with Crippen LogP contribution in [-0.4, -0.2) is 88.7 Å². The van der Waals surface area contributed by atoms with E-state index in [1.54, 1.807) is 63.4 Å². The Morgan fingerprint density at radius 3 is 2.26 bits per heavy atom. The van der Waals surface area contributed by atoms with Gasteiger partial charge >= 0.3 is 6.03 Å². The van der Waals surface area contributed by atoms with E-state index in [4.69, 9.17) is 5.73 Å². The number of ketones is 2. The Labute approximate surface area is 246 Å². The number of hydrogen-bond acceptors (Lipinski definition) is 10. The maximum Gasteiger partial charge on any atom is 0.323 e. The standard InChI is InChI=1S/C30H33N5O8/c1-34(2)18-12-17(33-29(42)32-14-8-6-5-7-9-14)23(36)20-15(18)10-13-11-16-22(35(3)4)25(38)21(28(31)41)27(40)30(16,43)26(39)19(13)24(20)37/h5-9,12-13,16,22,36,38-39,43H,10-11H2,1-4H3,(H2,31,41)(H2,32,33,42)/t13-,16-,22-,30-/m0/s1. The summed E-state index contributed by atoms with van der Waals surface area (Å²) in [5, 5.41) is 50.7. The number of rotatable bonds is 5. The summed E-state index contributed by atoms with van der Waals surface area (Å²) in [4.78, 5) is 55.7. The zero-order valence-electron chi connectivity index (χ0n) is 24.0. The molecule has 0 radical (unpaired) electrons. The first-order valence-electron chi connectivity index (χ1n) is 13.5. The van der Waals surface area contributed by atoms with Crippen molar-refractivity contribution in [2.75, 3.05) is 43.7 Å². The maximum absolute atomic E-state index is 14.1. The monoisotopic (exact) mass is 591 g/mol. The first kappa shape index (κ1) is 29.6. The fourth-order valence-electron chi connectivity index (χ4n) is 6.60. The number of carbonyl (C=O) groups is 4. The van der Waals surface area contributed by atoms with Crippen molar-refractivity contribution >= 4 is 40.6 Å². The molecule has 0 unspecified atom stereocenters. The predicted molar refractivity (Wildman–Crippen MR) is 157 cm³/mol. The van der Waals surface area contributed by atoms with Crippen LogP contribution in [0.4, 0.5) is 21.9 Å².